The van der Waals surface area contributed by atoms with Crippen LogP contribution >= 0.6 is 0 Å². The molecule has 1 fully saturated rings. The van der Waals surface area contributed by atoms with Crippen LogP contribution in [-0.2, 0) is 0 Å². The van der Waals surface area contributed by atoms with Crippen LogP contribution in [0.4, 0.5) is 0 Å². The van der Waals surface area contributed by atoms with Crippen LogP contribution < -0.4 is 15.2 Å². The minimum Gasteiger partial charge on any atom is -0.490 e. The van der Waals surface area contributed by atoms with E-state index in [1.807, 2.05) is 31.2 Å². The molecule has 1 atom stereocenters. The summed E-state index contributed by atoms with van der Waals surface area (Å²) in [5.74, 6) is 1.64. The minimum absolute atomic E-state index is 0.324. The third kappa shape index (κ3) is 4.40. The van der Waals surface area contributed by atoms with E-state index in [4.69, 9.17) is 15.2 Å². The van der Waals surface area contributed by atoms with Crippen molar-refractivity contribution in [3.05, 3.63) is 24.3 Å². The summed E-state index contributed by atoms with van der Waals surface area (Å²) in [6, 6.07) is 8.14. The van der Waals surface area contributed by atoms with Gasteiger partial charge in [0.25, 0.3) is 0 Å². The van der Waals surface area contributed by atoms with Gasteiger partial charge < -0.3 is 15.2 Å². The van der Waals surface area contributed by atoms with Gasteiger partial charge in [-0.3, -0.25) is 4.90 Å². The van der Waals surface area contributed by atoms with Gasteiger partial charge in [0.1, 0.15) is 6.61 Å². The molecule has 2 N–H and O–H groups in total. The number of para-hydroxylation sites is 2. The first-order chi connectivity index (χ1) is 9.29. The molecule has 0 saturated carbocycles. The highest BCUT2D eigenvalue weighted by molar-refractivity contribution is 5.39. The lowest BCUT2D eigenvalue weighted by molar-refractivity contribution is 0.168. The van der Waals surface area contributed by atoms with Crippen LogP contribution in [0.1, 0.15) is 19.8 Å². The maximum atomic E-state index is 5.97. The summed E-state index contributed by atoms with van der Waals surface area (Å²) in [6.45, 7) is 6.35. The number of piperidine rings is 1. The van der Waals surface area contributed by atoms with Crippen molar-refractivity contribution in [2.75, 3.05) is 32.8 Å². The lowest BCUT2D eigenvalue weighted by Gasteiger charge is -2.30. The molecule has 1 heterocycles. The number of nitrogens with zero attached hydrogens (tertiary/aromatic N) is 1. The summed E-state index contributed by atoms with van der Waals surface area (Å²) in [5.41, 5.74) is 5.97. The maximum absolute atomic E-state index is 5.97. The second-order valence-electron chi connectivity index (χ2n) is 4.93. The Morgan fingerprint density at radius 3 is 2.68 bits per heavy atom. The molecule has 1 aliphatic heterocycles. The van der Waals surface area contributed by atoms with Crippen LogP contribution in [0.5, 0.6) is 11.5 Å². The van der Waals surface area contributed by atoms with Crippen LogP contribution in [0.3, 0.4) is 0 Å². The Morgan fingerprint density at radius 1 is 1.26 bits per heavy atom. The fourth-order valence-electron chi connectivity index (χ4n) is 2.42. The highest BCUT2D eigenvalue weighted by Crippen LogP contribution is 2.26. The molecule has 1 aromatic carbocycles. The largest absolute Gasteiger partial charge is 0.490 e. The van der Waals surface area contributed by atoms with Gasteiger partial charge in [-0.05, 0) is 38.4 Å². The van der Waals surface area contributed by atoms with Crippen molar-refractivity contribution in [3.8, 4) is 11.5 Å². The summed E-state index contributed by atoms with van der Waals surface area (Å²) in [5, 5.41) is 0. The number of likely N-dealkylation sites (tertiary alicyclic amines) is 1. The minimum atomic E-state index is 0.324. The number of hydrogen-bond acceptors (Lipinski definition) is 4. The van der Waals surface area contributed by atoms with Crippen LogP contribution in [0, 0.1) is 0 Å². The number of ether oxygens (including phenoxy) is 2. The summed E-state index contributed by atoms with van der Waals surface area (Å²) in [6.07, 6.45) is 2.33. The van der Waals surface area contributed by atoms with Gasteiger partial charge in [-0.1, -0.05) is 12.1 Å². The molecule has 4 nitrogen and oxygen atoms in total. The van der Waals surface area contributed by atoms with Gasteiger partial charge in [-0.2, -0.15) is 0 Å². The summed E-state index contributed by atoms with van der Waals surface area (Å²) >= 11 is 0. The predicted octanol–water partition coefficient (Wildman–Crippen LogP) is 1.89. The second-order valence-corrected chi connectivity index (χ2v) is 4.93. The third-order valence-electron chi connectivity index (χ3n) is 3.36. The Hall–Kier alpha value is -1.26. The van der Waals surface area contributed by atoms with E-state index >= 15 is 0 Å². The Kier molecular flexibility index (Phi) is 5.48. The molecule has 0 aromatic heterocycles. The lowest BCUT2D eigenvalue weighted by Crippen LogP contribution is -2.44. The zero-order chi connectivity index (χ0) is 13.5. The smallest absolute Gasteiger partial charge is 0.161 e. The van der Waals surface area contributed by atoms with E-state index in [0.29, 0.717) is 19.3 Å². The van der Waals surface area contributed by atoms with Gasteiger partial charge in [-0.15, -0.1) is 0 Å². The Bertz CT molecular complexity index is 384. The summed E-state index contributed by atoms with van der Waals surface area (Å²) in [4.78, 5) is 2.37. The molecule has 1 aromatic rings. The SMILES string of the molecule is CCOc1ccccc1OCCN1CCC[C@@H](N)C1. The first-order valence-electron chi connectivity index (χ1n) is 7.12. The molecule has 0 unspecified atom stereocenters. The molecule has 0 bridgehead atoms. The predicted molar refractivity (Wildman–Crippen MR) is 76.8 cm³/mol. The molecule has 0 aliphatic carbocycles. The highest BCUT2D eigenvalue weighted by Gasteiger charge is 2.16. The van der Waals surface area contributed by atoms with E-state index in [1.165, 1.54) is 6.42 Å². The Labute approximate surface area is 115 Å². The average Bonchev–Trinajstić information content (AvgIpc) is 2.41. The van der Waals surface area contributed by atoms with Gasteiger partial charge in [0.2, 0.25) is 0 Å². The first-order valence-corrected chi connectivity index (χ1v) is 7.12. The fourth-order valence-corrected chi connectivity index (χ4v) is 2.42. The van der Waals surface area contributed by atoms with Crippen molar-refractivity contribution in [1.82, 2.24) is 4.90 Å². The van der Waals surface area contributed by atoms with Gasteiger partial charge >= 0.3 is 0 Å². The molecular weight excluding hydrogens is 240 g/mol. The van der Waals surface area contributed by atoms with Crippen molar-refractivity contribution in [1.29, 1.82) is 0 Å². The van der Waals surface area contributed by atoms with Crippen LogP contribution in [-0.4, -0.2) is 43.8 Å². The van der Waals surface area contributed by atoms with E-state index < -0.39 is 0 Å². The van der Waals surface area contributed by atoms with Crippen molar-refractivity contribution in [2.45, 2.75) is 25.8 Å². The fraction of sp³-hybridized carbons (Fsp3) is 0.600. The number of rotatable bonds is 6. The molecule has 1 saturated heterocycles. The number of hydrogen-bond donors (Lipinski definition) is 1. The molecular formula is C15H24N2O2. The Morgan fingerprint density at radius 2 is 2.00 bits per heavy atom. The Balaban J connectivity index is 1.78. The summed E-state index contributed by atoms with van der Waals surface area (Å²) < 4.78 is 11.4. The third-order valence-corrected chi connectivity index (χ3v) is 3.36. The quantitative estimate of drug-likeness (QED) is 0.852. The van der Waals surface area contributed by atoms with Crippen LogP contribution in [0.15, 0.2) is 24.3 Å². The topological polar surface area (TPSA) is 47.7 Å². The van der Waals surface area contributed by atoms with E-state index in [0.717, 1.165) is 37.6 Å². The van der Waals surface area contributed by atoms with E-state index in [2.05, 4.69) is 4.90 Å². The monoisotopic (exact) mass is 264 g/mol. The van der Waals surface area contributed by atoms with Gasteiger partial charge in [0, 0.05) is 19.1 Å². The molecule has 0 spiro atoms. The van der Waals surface area contributed by atoms with E-state index in [9.17, 15) is 0 Å². The maximum Gasteiger partial charge on any atom is 0.161 e. The molecule has 0 radical (unpaired) electrons. The van der Waals surface area contributed by atoms with E-state index in [-0.39, 0.29) is 0 Å². The molecule has 19 heavy (non-hydrogen) atoms. The normalized spacial score (nSPS) is 20.2. The van der Waals surface area contributed by atoms with Gasteiger partial charge in [-0.25, -0.2) is 0 Å². The number of benzene rings is 1. The zero-order valence-electron chi connectivity index (χ0n) is 11.7. The zero-order valence-corrected chi connectivity index (χ0v) is 11.7. The highest BCUT2D eigenvalue weighted by atomic mass is 16.5. The van der Waals surface area contributed by atoms with Crippen molar-refractivity contribution < 1.29 is 9.47 Å². The number of nitrogens with two attached hydrogens (primary N) is 1. The molecule has 0 amide bonds. The lowest BCUT2D eigenvalue weighted by atomic mass is 10.1. The average molecular weight is 264 g/mol. The van der Waals surface area contributed by atoms with Crippen molar-refractivity contribution in [2.24, 2.45) is 5.73 Å². The van der Waals surface area contributed by atoms with Crippen LogP contribution in [0.25, 0.3) is 0 Å². The van der Waals surface area contributed by atoms with Gasteiger partial charge in [0.05, 0.1) is 6.61 Å². The van der Waals surface area contributed by atoms with Gasteiger partial charge in [0.15, 0.2) is 11.5 Å². The van der Waals surface area contributed by atoms with Crippen molar-refractivity contribution in [3.63, 3.8) is 0 Å². The van der Waals surface area contributed by atoms with Crippen molar-refractivity contribution >= 4 is 0 Å². The molecule has 1 aliphatic rings. The van der Waals surface area contributed by atoms with Crippen LogP contribution in [0.2, 0.25) is 0 Å². The molecule has 2 rings (SSSR count). The summed E-state index contributed by atoms with van der Waals surface area (Å²) in [7, 11) is 0. The standard InChI is InChI=1S/C15H24N2O2/c1-2-18-14-7-3-4-8-15(14)19-11-10-17-9-5-6-13(16)12-17/h3-4,7-8,13H,2,5-6,9-12,16H2,1H3/t13-/m1/s1. The van der Waals surface area contributed by atoms with E-state index in [1.54, 1.807) is 0 Å². The second kappa shape index (κ2) is 7.36. The molecule has 4 heteroatoms. The first kappa shape index (κ1) is 14.2. The molecule has 106 valence electrons.